The monoisotopic (exact) mass is 308 g/mol. The Morgan fingerprint density at radius 1 is 1.33 bits per heavy atom. The van der Waals surface area contributed by atoms with Crippen molar-refractivity contribution in [3.63, 3.8) is 0 Å². The molecule has 1 amide bonds. The first-order chi connectivity index (χ1) is 9.75. The Hall–Kier alpha value is -1.95. The van der Waals surface area contributed by atoms with E-state index in [0.29, 0.717) is 22.4 Å². The van der Waals surface area contributed by atoms with Gasteiger partial charge in [-0.2, -0.15) is 4.98 Å². The molecule has 2 aromatic rings. The Morgan fingerprint density at radius 3 is 2.62 bits per heavy atom. The lowest BCUT2D eigenvalue weighted by atomic mass is 9.91. The fourth-order valence-electron chi connectivity index (χ4n) is 1.68. The lowest BCUT2D eigenvalue weighted by molar-refractivity contribution is 0.0946. The number of hydrogen-bond acceptors (Lipinski definition) is 5. The molecule has 0 aliphatic heterocycles. The molecular formula is C14H17ClN4O2. The summed E-state index contributed by atoms with van der Waals surface area (Å²) in [4.78, 5) is 20.4. The van der Waals surface area contributed by atoms with Gasteiger partial charge in [0.25, 0.3) is 5.91 Å². The van der Waals surface area contributed by atoms with Gasteiger partial charge in [-0.1, -0.05) is 37.5 Å². The third-order valence-electron chi connectivity index (χ3n) is 2.79. The van der Waals surface area contributed by atoms with Crippen LogP contribution in [0.2, 0.25) is 5.15 Å². The number of pyridine rings is 1. The maximum Gasteiger partial charge on any atom is 0.251 e. The fraction of sp³-hybridized carbons (Fsp3) is 0.429. The van der Waals surface area contributed by atoms with E-state index in [1.165, 1.54) is 6.07 Å². The lowest BCUT2D eigenvalue weighted by Gasteiger charge is -2.18. The summed E-state index contributed by atoms with van der Waals surface area (Å²) in [7, 11) is 0. The van der Waals surface area contributed by atoms with E-state index in [0.717, 1.165) is 5.69 Å². The zero-order valence-corrected chi connectivity index (χ0v) is 13.2. The second-order valence-corrected chi connectivity index (χ2v) is 6.12. The molecule has 0 saturated carbocycles. The summed E-state index contributed by atoms with van der Waals surface area (Å²) in [5.74, 6) is 0.624. The van der Waals surface area contributed by atoms with E-state index in [9.17, 15) is 4.79 Å². The first kappa shape index (κ1) is 15.4. The Balaban J connectivity index is 2.13. The Morgan fingerprint density at radius 2 is 2.05 bits per heavy atom. The largest absolute Gasteiger partial charge is 0.343 e. The first-order valence-corrected chi connectivity index (χ1v) is 6.89. The van der Waals surface area contributed by atoms with Crippen LogP contribution in [0.5, 0.6) is 0 Å². The van der Waals surface area contributed by atoms with Crippen molar-refractivity contribution in [1.82, 2.24) is 20.4 Å². The van der Waals surface area contributed by atoms with Gasteiger partial charge in [0.15, 0.2) is 5.82 Å². The van der Waals surface area contributed by atoms with E-state index < -0.39 is 0 Å². The molecule has 6 nitrogen and oxygen atoms in total. The van der Waals surface area contributed by atoms with Gasteiger partial charge in [0, 0.05) is 16.7 Å². The van der Waals surface area contributed by atoms with E-state index in [-0.39, 0.29) is 17.9 Å². The molecule has 0 fully saturated rings. The quantitative estimate of drug-likeness (QED) is 0.882. The maximum absolute atomic E-state index is 12.2. The number of halogens is 1. The first-order valence-electron chi connectivity index (χ1n) is 6.51. The van der Waals surface area contributed by atoms with Crippen LogP contribution >= 0.6 is 11.6 Å². The summed E-state index contributed by atoms with van der Waals surface area (Å²) < 4.78 is 4.94. The van der Waals surface area contributed by atoms with Crippen molar-refractivity contribution < 1.29 is 9.32 Å². The van der Waals surface area contributed by atoms with E-state index in [1.807, 2.05) is 20.8 Å². The van der Waals surface area contributed by atoms with Gasteiger partial charge in [-0.05, 0) is 19.1 Å². The molecule has 0 saturated heterocycles. The minimum atomic E-state index is -0.263. The number of carbonyl (C=O) groups excluding carboxylic acids is 1. The third kappa shape index (κ3) is 4.01. The Labute approximate surface area is 127 Å². The smallest absolute Gasteiger partial charge is 0.251 e. The predicted octanol–water partition coefficient (Wildman–Crippen LogP) is 2.65. The van der Waals surface area contributed by atoms with Gasteiger partial charge in [0.2, 0.25) is 5.89 Å². The highest BCUT2D eigenvalue weighted by Gasteiger charge is 2.19. The zero-order chi connectivity index (χ0) is 15.6. The molecule has 0 unspecified atom stereocenters. The Kier molecular flexibility index (Phi) is 4.27. The molecule has 2 aromatic heterocycles. The van der Waals surface area contributed by atoms with E-state index in [4.69, 9.17) is 16.1 Å². The second-order valence-electron chi connectivity index (χ2n) is 5.73. The second kappa shape index (κ2) is 5.81. The van der Waals surface area contributed by atoms with Crippen molar-refractivity contribution in [2.24, 2.45) is 0 Å². The average Bonchev–Trinajstić information content (AvgIpc) is 2.80. The summed E-state index contributed by atoms with van der Waals surface area (Å²) in [5, 5.41) is 6.66. The number of hydrogen-bond donors (Lipinski definition) is 1. The van der Waals surface area contributed by atoms with Gasteiger partial charge in [-0.15, -0.1) is 0 Å². The summed E-state index contributed by atoms with van der Waals surface area (Å²) in [6, 6.07) is 3.27. The number of amides is 1. The third-order valence-corrected chi connectivity index (χ3v) is 2.99. The SMILES string of the molecule is Cc1noc(CNC(=O)c2cc(Cl)nc(C(C)(C)C)c2)n1. The molecule has 0 bridgehead atoms. The minimum Gasteiger partial charge on any atom is -0.343 e. The standard InChI is InChI=1S/C14H17ClN4O2/c1-8-17-12(21-19-8)7-16-13(20)9-5-10(14(2,3)4)18-11(15)6-9/h5-6H,7H2,1-4H3,(H,16,20). The highest BCUT2D eigenvalue weighted by molar-refractivity contribution is 6.29. The number of nitrogens with one attached hydrogen (secondary N) is 1. The van der Waals surface area contributed by atoms with Gasteiger partial charge < -0.3 is 9.84 Å². The summed E-state index contributed by atoms with van der Waals surface area (Å²) in [6.07, 6.45) is 0. The molecule has 112 valence electrons. The van der Waals surface area contributed by atoms with Gasteiger partial charge in [-0.3, -0.25) is 4.79 Å². The summed E-state index contributed by atoms with van der Waals surface area (Å²) >= 11 is 5.99. The molecule has 7 heteroatoms. The molecule has 1 N–H and O–H groups in total. The topological polar surface area (TPSA) is 80.9 Å². The van der Waals surface area contributed by atoms with E-state index in [1.54, 1.807) is 13.0 Å². The van der Waals surface area contributed by atoms with Crippen molar-refractivity contribution in [3.05, 3.63) is 40.3 Å². The number of aryl methyl sites for hydroxylation is 1. The number of nitrogens with zero attached hydrogens (tertiary/aromatic N) is 3. The fourth-order valence-corrected chi connectivity index (χ4v) is 1.89. The number of aromatic nitrogens is 3. The molecule has 0 aliphatic carbocycles. The highest BCUT2D eigenvalue weighted by atomic mass is 35.5. The van der Waals surface area contributed by atoms with Crippen LogP contribution in [0.3, 0.4) is 0 Å². The van der Waals surface area contributed by atoms with Crippen molar-refractivity contribution in [3.8, 4) is 0 Å². The van der Waals surface area contributed by atoms with Crippen LogP contribution in [-0.2, 0) is 12.0 Å². The van der Waals surface area contributed by atoms with Crippen LogP contribution in [0.25, 0.3) is 0 Å². The van der Waals surface area contributed by atoms with Crippen LogP contribution < -0.4 is 5.32 Å². The van der Waals surface area contributed by atoms with Crippen LogP contribution in [-0.4, -0.2) is 21.0 Å². The van der Waals surface area contributed by atoms with Crippen LogP contribution in [0.1, 0.15) is 48.5 Å². The van der Waals surface area contributed by atoms with Crippen molar-refractivity contribution in [2.45, 2.75) is 39.7 Å². The van der Waals surface area contributed by atoms with Crippen LogP contribution in [0, 0.1) is 6.92 Å². The number of rotatable bonds is 3. The highest BCUT2D eigenvalue weighted by Crippen LogP contribution is 2.23. The normalized spacial score (nSPS) is 11.5. The summed E-state index contributed by atoms with van der Waals surface area (Å²) in [5.41, 5.74) is 1.02. The minimum absolute atomic E-state index is 0.171. The molecule has 2 heterocycles. The van der Waals surface area contributed by atoms with Crippen molar-refractivity contribution in [1.29, 1.82) is 0 Å². The van der Waals surface area contributed by atoms with Gasteiger partial charge in [-0.25, -0.2) is 4.98 Å². The molecular weight excluding hydrogens is 292 g/mol. The maximum atomic E-state index is 12.2. The van der Waals surface area contributed by atoms with Crippen LogP contribution in [0.15, 0.2) is 16.7 Å². The van der Waals surface area contributed by atoms with Crippen molar-refractivity contribution >= 4 is 17.5 Å². The molecule has 2 rings (SSSR count). The molecule has 0 aliphatic rings. The zero-order valence-electron chi connectivity index (χ0n) is 12.4. The molecule has 0 atom stereocenters. The van der Waals surface area contributed by atoms with E-state index in [2.05, 4.69) is 20.4 Å². The molecule has 0 spiro atoms. The van der Waals surface area contributed by atoms with Crippen molar-refractivity contribution in [2.75, 3.05) is 0 Å². The molecule has 0 aromatic carbocycles. The van der Waals surface area contributed by atoms with Gasteiger partial charge in [0.05, 0.1) is 6.54 Å². The number of carbonyl (C=O) groups is 1. The Bertz CT molecular complexity index is 661. The molecule has 0 radical (unpaired) electrons. The van der Waals surface area contributed by atoms with Gasteiger partial charge >= 0.3 is 0 Å². The van der Waals surface area contributed by atoms with Crippen LogP contribution in [0.4, 0.5) is 0 Å². The average molecular weight is 309 g/mol. The van der Waals surface area contributed by atoms with Gasteiger partial charge in [0.1, 0.15) is 5.15 Å². The lowest BCUT2D eigenvalue weighted by Crippen LogP contribution is -2.24. The summed E-state index contributed by atoms with van der Waals surface area (Å²) in [6.45, 7) is 7.91. The van der Waals surface area contributed by atoms with E-state index >= 15 is 0 Å². The molecule has 21 heavy (non-hydrogen) atoms. The predicted molar refractivity (Wildman–Crippen MR) is 78.2 cm³/mol.